The van der Waals surface area contributed by atoms with E-state index in [4.69, 9.17) is 23.2 Å². The molecule has 0 spiro atoms. The van der Waals surface area contributed by atoms with Gasteiger partial charge in [0.2, 0.25) is 0 Å². The first-order valence-electron chi connectivity index (χ1n) is 4.57. The van der Waals surface area contributed by atoms with Gasteiger partial charge in [0.25, 0.3) is 5.91 Å². The molecule has 0 atom stereocenters. The van der Waals surface area contributed by atoms with Crippen molar-refractivity contribution in [2.75, 3.05) is 5.32 Å². The average molecular weight is 351 g/mol. The number of anilines is 1. The Hall–Kier alpha value is -0.550. The summed E-state index contributed by atoms with van der Waals surface area (Å²) in [7, 11) is 0. The average Bonchev–Trinajstić information content (AvgIpc) is 2.70. The van der Waals surface area contributed by atoms with E-state index in [1.807, 2.05) is 11.4 Å². The molecule has 0 saturated heterocycles. The van der Waals surface area contributed by atoms with E-state index < -0.39 is 0 Å². The zero-order chi connectivity index (χ0) is 12.4. The Morgan fingerprint density at radius 2 is 2.06 bits per heavy atom. The predicted octanol–water partition coefficient (Wildman–Crippen LogP) is 5.07. The van der Waals surface area contributed by atoms with Crippen molar-refractivity contribution in [2.45, 2.75) is 0 Å². The highest BCUT2D eigenvalue weighted by Gasteiger charge is 2.13. The number of halogens is 3. The normalized spacial score (nSPS) is 10.3. The molecule has 88 valence electrons. The number of rotatable bonds is 2. The summed E-state index contributed by atoms with van der Waals surface area (Å²) in [5.41, 5.74) is 0.504. The number of benzene rings is 1. The molecule has 1 amide bonds. The highest BCUT2D eigenvalue weighted by atomic mass is 79.9. The van der Waals surface area contributed by atoms with Crippen molar-refractivity contribution in [3.05, 3.63) is 49.0 Å². The lowest BCUT2D eigenvalue weighted by Gasteiger charge is -2.06. The maximum absolute atomic E-state index is 11.9. The number of nitrogens with one attached hydrogen (secondary N) is 1. The molecule has 1 aromatic heterocycles. The number of hydrogen-bond acceptors (Lipinski definition) is 2. The molecule has 2 nitrogen and oxygen atoms in total. The van der Waals surface area contributed by atoms with E-state index in [0.717, 1.165) is 4.47 Å². The highest BCUT2D eigenvalue weighted by molar-refractivity contribution is 9.10. The summed E-state index contributed by atoms with van der Waals surface area (Å²) < 4.78 is 0.762. The first-order valence-corrected chi connectivity index (χ1v) is 7.00. The topological polar surface area (TPSA) is 29.1 Å². The molecule has 1 aromatic carbocycles. The van der Waals surface area contributed by atoms with Crippen LogP contribution in [0.15, 0.2) is 34.1 Å². The van der Waals surface area contributed by atoms with Gasteiger partial charge in [-0.05, 0) is 45.6 Å². The number of amides is 1. The fourth-order valence-corrected chi connectivity index (χ4v) is 3.01. The molecule has 1 N–H and O–H groups in total. The summed E-state index contributed by atoms with van der Waals surface area (Å²) >= 11 is 16.5. The van der Waals surface area contributed by atoms with E-state index in [1.54, 1.807) is 18.2 Å². The molecule has 17 heavy (non-hydrogen) atoms. The Bertz CT molecular complexity index is 570. The lowest BCUT2D eigenvalue weighted by molar-refractivity contribution is 0.103. The third-order valence-corrected chi connectivity index (χ3v) is 4.40. The Morgan fingerprint density at radius 1 is 1.29 bits per heavy atom. The second-order valence-electron chi connectivity index (χ2n) is 3.18. The van der Waals surface area contributed by atoms with E-state index in [-0.39, 0.29) is 5.91 Å². The molecular formula is C11H6BrCl2NOS. The minimum absolute atomic E-state index is 0.212. The van der Waals surface area contributed by atoms with Crippen molar-refractivity contribution < 1.29 is 4.79 Å². The Labute approximate surface area is 121 Å². The van der Waals surface area contributed by atoms with Crippen LogP contribution < -0.4 is 5.32 Å². The van der Waals surface area contributed by atoms with Gasteiger partial charge in [-0.15, -0.1) is 11.3 Å². The smallest absolute Gasteiger partial charge is 0.266 e. The molecular weight excluding hydrogens is 345 g/mol. The Kier molecular flexibility index (Phi) is 4.09. The molecule has 2 rings (SSSR count). The third kappa shape index (κ3) is 3.01. The number of carbonyl (C=O) groups excluding carboxylic acids is 1. The summed E-state index contributed by atoms with van der Waals surface area (Å²) in [6, 6.07) is 6.74. The summed E-state index contributed by atoms with van der Waals surface area (Å²) in [6.07, 6.45) is 0. The van der Waals surface area contributed by atoms with Crippen molar-refractivity contribution >= 4 is 62.1 Å². The van der Waals surface area contributed by atoms with E-state index in [1.165, 1.54) is 11.3 Å². The first-order chi connectivity index (χ1) is 8.08. The minimum atomic E-state index is -0.212. The molecule has 0 aliphatic heterocycles. The van der Waals surface area contributed by atoms with Crippen LogP contribution in [0.5, 0.6) is 0 Å². The lowest BCUT2D eigenvalue weighted by Crippen LogP contribution is -2.11. The molecule has 6 heteroatoms. The van der Waals surface area contributed by atoms with E-state index in [2.05, 4.69) is 21.2 Å². The van der Waals surface area contributed by atoms with Crippen LogP contribution in [0.3, 0.4) is 0 Å². The maximum Gasteiger partial charge on any atom is 0.266 e. The molecule has 0 aliphatic carbocycles. The predicted molar refractivity (Wildman–Crippen MR) is 76.4 cm³/mol. The van der Waals surface area contributed by atoms with E-state index in [9.17, 15) is 4.79 Å². The SMILES string of the molecule is O=C(Nc1cc(Cl)ccc1Cl)c1sccc1Br. The van der Waals surface area contributed by atoms with Crippen LogP contribution in [0, 0.1) is 0 Å². The van der Waals surface area contributed by atoms with Gasteiger partial charge in [0, 0.05) is 9.50 Å². The molecule has 0 fully saturated rings. The van der Waals surface area contributed by atoms with Crippen LogP contribution in [-0.4, -0.2) is 5.91 Å². The monoisotopic (exact) mass is 349 g/mol. The second kappa shape index (κ2) is 5.40. The van der Waals surface area contributed by atoms with Crippen LogP contribution in [0.2, 0.25) is 10.0 Å². The molecule has 0 aliphatic rings. The fraction of sp³-hybridized carbons (Fsp3) is 0. The standard InChI is InChI=1S/C11H6BrCl2NOS/c12-7-3-4-17-10(7)11(16)15-9-5-6(13)1-2-8(9)14/h1-5H,(H,15,16). The zero-order valence-electron chi connectivity index (χ0n) is 8.34. The zero-order valence-corrected chi connectivity index (χ0v) is 12.3. The van der Waals surface area contributed by atoms with Crippen molar-refractivity contribution in [2.24, 2.45) is 0 Å². The van der Waals surface area contributed by atoms with Gasteiger partial charge in [-0.25, -0.2) is 0 Å². The van der Waals surface area contributed by atoms with Gasteiger partial charge in [-0.1, -0.05) is 23.2 Å². The third-order valence-electron chi connectivity index (χ3n) is 2.00. The van der Waals surface area contributed by atoms with Crippen LogP contribution in [0.4, 0.5) is 5.69 Å². The minimum Gasteiger partial charge on any atom is -0.320 e. The fourth-order valence-electron chi connectivity index (χ4n) is 1.23. The van der Waals surface area contributed by atoms with Crippen LogP contribution in [0.25, 0.3) is 0 Å². The first kappa shape index (κ1) is 12.9. The van der Waals surface area contributed by atoms with Gasteiger partial charge in [-0.3, -0.25) is 4.79 Å². The summed E-state index contributed by atoms with van der Waals surface area (Å²) in [5.74, 6) is -0.212. The largest absolute Gasteiger partial charge is 0.320 e. The van der Waals surface area contributed by atoms with Gasteiger partial charge in [0.05, 0.1) is 10.7 Å². The van der Waals surface area contributed by atoms with Crippen molar-refractivity contribution in [3.63, 3.8) is 0 Å². The molecule has 0 radical (unpaired) electrons. The van der Waals surface area contributed by atoms with Crippen molar-refractivity contribution in [1.82, 2.24) is 0 Å². The highest BCUT2D eigenvalue weighted by Crippen LogP contribution is 2.28. The quantitative estimate of drug-likeness (QED) is 0.804. The van der Waals surface area contributed by atoms with E-state index in [0.29, 0.717) is 20.6 Å². The van der Waals surface area contributed by atoms with Gasteiger partial charge < -0.3 is 5.32 Å². The molecule has 0 unspecified atom stereocenters. The van der Waals surface area contributed by atoms with Crippen LogP contribution in [-0.2, 0) is 0 Å². The van der Waals surface area contributed by atoms with Crippen molar-refractivity contribution in [1.29, 1.82) is 0 Å². The molecule has 0 bridgehead atoms. The molecule has 0 saturated carbocycles. The number of thiophene rings is 1. The van der Waals surface area contributed by atoms with Crippen molar-refractivity contribution in [3.8, 4) is 0 Å². The van der Waals surface area contributed by atoms with Gasteiger partial charge in [-0.2, -0.15) is 0 Å². The van der Waals surface area contributed by atoms with Gasteiger partial charge in [0.15, 0.2) is 0 Å². The summed E-state index contributed by atoms with van der Waals surface area (Å²) in [6.45, 7) is 0. The molecule has 1 heterocycles. The van der Waals surface area contributed by atoms with Gasteiger partial charge >= 0.3 is 0 Å². The lowest BCUT2D eigenvalue weighted by atomic mass is 10.3. The van der Waals surface area contributed by atoms with Crippen LogP contribution >= 0.6 is 50.5 Å². The molecule has 2 aromatic rings. The number of hydrogen-bond donors (Lipinski definition) is 1. The number of carbonyl (C=O) groups is 1. The summed E-state index contributed by atoms with van der Waals surface area (Å²) in [4.78, 5) is 12.5. The second-order valence-corrected chi connectivity index (χ2v) is 5.79. The Balaban J connectivity index is 2.24. The van der Waals surface area contributed by atoms with Gasteiger partial charge in [0.1, 0.15) is 4.88 Å². The van der Waals surface area contributed by atoms with E-state index >= 15 is 0 Å². The summed E-state index contributed by atoms with van der Waals surface area (Å²) in [5, 5.41) is 5.53. The maximum atomic E-state index is 11.9. The Morgan fingerprint density at radius 3 is 2.71 bits per heavy atom. The van der Waals surface area contributed by atoms with Crippen LogP contribution in [0.1, 0.15) is 9.67 Å².